The molecule has 0 spiro atoms. The maximum Gasteiger partial charge on any atom is 0.0991 e. The van der Waals surface area contributed by atoms with Crippen LogP contribution in [0.1, 0.15) is 20.3 Å². The highest BCUT2D eigenvalue weighted by Crippen LogP contribution is 2.15. The van der Waals surface area contributed by atoms with E-state index in [0.29, 0.717) is 12.0 Å². The van der Waals surface area contributed by atoms with Crippen molar-refractivity contribution in [1.29, 1.82) is 0 Å². The fourth-order valence-electron chi connectivity index (χ4n) is 1.24. The molecule has 60 valence electrons. The van der Waals surface area contributed by atoms with Crippen LogP contribution >= 0.6 is 0 Å². The smallest absolute Gasteiger partial charge is 0.0991 e. The number of rotatable bonds is 1. The van der Waals surface area contributed by atoms with Crippen LogP contribution in [0.2, 0.25) is 0 Å². The molecule has 0 radical (unpaired) electrons. The fraction of sp³-hybridized carbons (Fsp3) is 1.00. The molecule has 1 saturated heterocycles. The van der Waals surface area contributed by atoms with E-state index in [1.165, 1.54) is 13.0 Å². The summed E-state index contributed by atoms with van der Waals surface area (Å²) in [5, 5.41) is 0. The summed E-state index contributed by atoms with van der Waals surface area (Å²) in [4.78, 5) is 2.21. The van der Waals surface area contributed by atoms with Gasteiger partial charge in [0.15, 0.2) is 0 Å². The molecule has 0 saturated carbocycles. The van der Waals surface area contributed by atoms with Crippen molar-refractivity contribution in [3.05, 3.63) is 0 Å². The molecule has 1 atom stereocenters. The lowest BCUT2D eigenvalue weighted by atomic mass is 10.0. The van der Waals surface area contributed by atoms with E-state index < -0.39 is 0 Å². The molecule has 0 amide bonds. The second-order valence-electron chi connectivity index (χ2n) is 3.45. The number of ether oxygens (including phenoxy) is 1. The van der Waals surface area contributed by atoms with Gasteiger partial charge in [0, 0.05) is 6.54 Å². The fourth-order valence-corrected chi connectivity index (χ4v) is 1.24. The zero-order valence-corrected chi connectivity index (χ0v) is 7.13. The Bertz CT molecular complexity index is 95.4. The summed E-state index contributed by atoms with van der Waals surface area (Å²) in [7, 11) is 2.09. The van der Waals surface area contributed by atoms with Gasteiger partial charge in [0.05, 0.1) is 12.8 Å². The van der Waals surface area contributed by atoms with Crippen LogP contribution in [-0.2, 0) is 4.74 Å². The Kier molecular flexibility index (Phi) is 2.69. The number of nitrogens with zero attached hydrogens (tertiary/aromatic N) is 1. The highest BCUT2D eigenvalue weighted by molar-refractivity contribution is 4.67. The van der Waals surface area contributed by atoms with Gasteiger partial charge >= 0.3 is 0 Å². The van der Waals surface area contributed by atoms with Gasteiger partial charge in [-0.1, -0.05) is 13.8 Å². The normalized spacial score (nSPS) is 29.4. The first-order chi connectivity index (χ1) is 4.70. The molecule has 0 bridgehead atoms. The topological polar surface area (TPSA) is 12.5 Å². The van der Waals surface area contributed by atoms with Crippen molar-refractivity contribution in [2.45, 2.75) is 26.4 Å². The third-order valence-corrected chi connectivity index (χ3v) is 2.05. The Balaban J connectivity index is 2.26. The van der Waals surface area contributed by atoms with Crippen molar-refractivity contribution in [2.24, 2.45) is 5.92 Å². The number of hydrogen-bond donors (Lipinski definition) is 0. The summed E-state index contributed by atoms with van der Waals surface area (Å²) in [5.41, 5.74) is 0. The van der Waals surface area contributed by atoms with Gasteiger partial charge in [0.2, 0.25) is 0 Å². The maximum atomic E-state index is 5.58. The Labute approximate surface area is 63.2 Å². The highest BCUT2D eigenvalue weighted by atomic mass is 16.5. The van der Waals surface area contributed by atoms with Gasteiger partial charge in [-0.25, -0.2) is 0 Å². The van der Waals surface area contributed by atoms with Gasteiger partial charge in [-0.3, -0.25) is 4.90 Å². The standard InChI is InChI=1S/C8H17NO/c1-7(2)8-4-5-9(3)6-10-8/h7-8H,4-6H2,1-3H3. The predicted molar refractivity (Wildman–Crippen MR) is 41.8 cm³/mol. The van der Waals surface area contributed by atoms with Crippen LogP contribution in [0.3, 0.4) is 0 Å². The average Bonchev–Trinajstić information content (AvgIpc) is 1.88. The van der Waals surface area contributed by atoms with Crippen molar-refractivity contribution in [1.82, 2.24) is 4.90 Å². The van der Waals surface area contributed by atoms with Crippen LogP contribution in [0.25, 0.3) is 0 Å². The van der Waals surface area contributed by atoms with E-state index in [-0.39, 0.29) is 0 Å². The lowest BCUT2D eigenvalue weighted by Crippen LogP contribution is -2.37. The molecule has 1 aliphatic rings. The van der Waals surface area contributed by atoms with E-state index >= 15 is 0 Å². The molecule has 2 nitrogen and oxygen atoms in total. The van der Waals surface area contributed by atoms with E-state index in [4.69, 9.17) is 4.74 Å². The van der Waals surface area contributed by atoms with E-state index in [1.54, 1.807) is 0 Å². The third kappa shape index (κ3) is 1.96. The van der Waals surface area contributed by atoms with E-state index in [1.807, 2.05) is 0 Å². The van der Waals surface area contributed by atoms with Gasteiger partial charge < -0.3 is 4.74 Å². The van der Waals surface area contributed by atoms with Crippen molar-refractivity contribution in [2.75, 3.05) is 20.3 Å². The maximum absolute atomic E-state index is 5.58. The molecule has 1 heterocycles. The molecule has 0 aromatic heterocycles. The van der Waals surface area contributed by atoms with Crippen LogP contribution in [0.5, 0.6) is 0 Å². The van der Waals surface area contributed by atoms with E-state index in [9.17, 15) is 0 Å². The molecule has 1 fully saturated rings. The van der Waals surface area contributed by atoms with Gasteiger partial charge in [-0.2, -0.15) is 0 Å². The minimum absolute atomic E-state index is 0.496. The van der Waals surface area contributed by atoms with Crippen LogP contribution in [0.15, 0.2) is 0 Å². The SMILES string of the molecule is CC(C)C1CCN(C)CO1. The predicted octanol–water partition coefficient (Wildman–Crippen LogP) is 1.32. The summed E-state index contributed by atoms with van der Waals surface area (Å²) in [6.07, 6.45) is 1.69. The number of hydrogen-bond acceptors (Lipinski definition) is 2. The van der Waals surface area contributed by atoms with Crippen LogP contribution in [-0.4, -0.2) is 31.3 Å². The molecule has 2 heteroatoms. The first-order valence-corrected chi connectivity index (χ1v) is 4.00. The summed E-state index contributed by atoms with van der Waals surface area (Å²) < 4.78 is 5.58. The lowest BCUT2D eigenvalue weighted by molar-refractivity contribution is -0.0766. The Morgan fingerprint density at radius 3 is 2.60 bits per heavy atom. The van der Waals surface area contributed by atoms with Gasteiger partial charge in [0.25, 0.3) is 0 Å². The Hall–Kier alpha value is -0.0800. The minimum Gasteiger partial charge on any atom is -0.363 e. The van der Waals surface area contributed by atoms with Crippen LogP contribution in [0, 0.1) is 5.92 Å². The van der Waals surface area contributed by atoms with E-state index in [2.05, 4.69) is 25.8 Å². The molecule has 0 aromatic rings. The van der Waals surface area contributed by atoms with Gasteiger partial charge in [-0.15, -0.1) is 0 Å². The molecule has 1 rings (SSSR count). The second kappa shape index (κ2) is 3.35. The molecule has 0 N–H and O–H groups in total. The highest BCUT2D eigenvalue weighted by Gasteiger charge is 2.19. The van der Waals surface area contributed by atoms with Gasteiger partial charge in [-0.05, 0) is 19.4 Å². The zero-order chi connectivity index (χ0) is 7.56. The second-order valence-corrected chi connectivity index (χ2v) is 3.45. The minimum atomic E-state index is 0.496. The third-order valence-electron chi connectivity index (χ3n) is 2.05. The quantitative estimate of drug-likeness (QED) is 0.549. The van der Waals surface area contributed by atoms with Crippen LogP contribution < -0.4 is 0 Å². The molecular weight excluding hydrogens is 126 g/mol. The molecular formula is C8H17NO. The van der Waals surface area contributed by atoms with Crippen LogP contribution in [0.4, 0.5) is 0 Å². The largest absolute Gasteiger partial charge is 0.363 e. The first kappa shape index (κ1) is 8.02. The first-order valence-electron chi connectivity index (χ1n) is 4.00. The molecule has 10 heavy (non-hydrogen) atoms. The Morgan fingerprint density at radius 1 is 1.50 bits per heavy atom. The molecule has 1 aliphatic heterocycles. The van der Waals surface area contributed by atoms with Gasteiger partial charge in [0.1, 0.15) is 0 Å². The van der Waals surface area contributed by atoms with Crippen molar-refractivity contribution < 1.29 is 4.74 Å². The summed E-state index contributed by atoms with van der Waals surface area (Å²) in [6.45, 7) is 6.43. The van der Waals surface area contributed by atoms with Crippen molar-refractivity contribution in [3.63, 3.8) is 0 Å². The molecule has 0 aliphatic carbocycles. The lowest BCUT2D eigenvalue weighted by Gasteiger charge is -2.31. The zero-order valence-electron chi connectivity index (χ0n) is 7.13. The van der Waals surface area contributed by atoms with Crippen molar-refractivity contribution in [3.8, 4) is 0 Å². The monoisotopic (exact) mass is 143 g/mol. The Morgan fingerprint density at radius 2 is 2.20 bits per heavy atom. The summed E-state index contributed by atoms with van der Waals surface area (Å²) >= 11 is 0. The summed E-state index contributed by atoms with van der Waals surface area (Å²) in [6, 6.07) is 0. The molecule has 0 aromatic carbocycles. The average molecular weight is 143 g/mol. The van der Waals surface area contributed by atoms with Crippen molar-refractivity contribution >= 4 is 0 Å². The van der Waals surface area contributed by atoms with E-state index in [0.717, 1.165) is 6.73 Å². The molecule has 1 unspecified atom stereocenters. The summed E-state index contributed by atoms with van der Waals surface area (Å²) in [5.74, 6) is 0.675.